The molecule has 2 rings (SSSR count). The van der Waals surface area contributed by atoms with Crippen LogP contribution in [0.2, 0.25) is 0 Å². The van der Waals surface area contributed by atoms with E-state index in [1.54, 1.807) is 6.92 Å². The van der Waals surface area contributed by atoms with Gasteiger partial charge in [-0.25, -0.2) is 14.8 Å². The number of nitrogens with zero attached hydrogens (tertiary/aromatic N) is 3. The number of ether oxygens (including phenoxy) is 1. The topological polar surface area (TPSA) is 73.6 Å². The molecule has 0 radical (unpaired) electrons. The highest BCUT2D eigenvalue weighted by Crippen LogP contribution is 2.09. The van der Waals surface area contributed by atoms with Crippen molar-refractivity contribution in [2.24, 2.45) is 0 Å². The molecule has 0 aliphatic rings. The Hall–Kier alpha value is -2.24. The third kappa shape index (κ3) is 1.44. The Kier molecular flexibility index (Phi) is 2.40. The molecule has 0 spiro atoms. The molecule has 0 unspecified atom stereocenters. The van der Waals surface area contributed by atoms with Crippen molar-refractivity contribution in [3.8, 4) is 0 Å². The number of aryl methyl sites for hydroxylation is 1. The minimum absolute atomic E-state index is 0.274. The Bertz CT molecular complexity index is 574. The van der Waals surface area contributed by atoms with Crippen LogP contribution in [0.15, 0.2) is 12.4 Å². The molecule has 0 aliphatic carbocycles. The summed E-state index contributed by atoms with van der Waals surface area (Å²) in [6.07, 6.45) is 3.53. The zero-order valence-electron chi connectivity index (χ0n) is 8.80. The summed E-state index contributed by atoms with van der Waals surface area (Å²) in [5, 5.41) is 0. The predicted molar refractivity (Wildman–Crippen MR) is 54.5 cm³/mol. The molecule has 2 aromatic heterocycles. The van der Waals surface area contributed by atoms with Crippen LogP contribution in [-0.2, 0) is 4.74 Å². The molecule has 0 atom stereocenters. The molecule has 16 heavy (non-hydrogen) atoms. The van der Waals surface area contributed by atoms with Gasteiger partial charge in [0.05, 0.1) is 18.4 Å². The lowest BCUT2D eigenvalue weighted by Gasteiger charge is -1.99. The van der Waals surface area contributed by atoms with Gasteiger partial charge in [-0.1, -0.05) is 0 Å². The zero-order chi connectivity index (χ0) is 11.7. The second-order valence-corrected chi connectivity index (χ2v) is 3.20. The molecule has 0 saturated carbocycles. The van der Waals surface area contributed by atoms with E-state index in [2.05, 4.69) is 14.7 Å². The molecule has 2 heterocycles. The summed E-state index contributed by atoms with van der Waals surface area (Å²) in [7, 11) is 1.28. The maximum atomic E-state index is 11.3. The first kappa shape index (κ1) is 10.3. The molecular weight excluding hydrogens is 210 g/mol. The first-order valence-electron chi connectivity index (χ1n) is 4.55. The monoisotopic (exact) mass is 219 g/mol. The van der Waals surface area contributed by atoms with E-state index in [0.29, 0.717) is 23.5 Å². The summed E-state index contributed by atoms with van der Waals surface area (Å²) >= 11 is 0. The molecule has 0 saturated heterocycles. The Morgan fingerprint density at radius 1 is 1.56 bits per heavy atom. The highest BCUT2D eigenvalue weighted by Gasteiger charge is 2.12. The van der Waals surface area contributed by atoms with Crippen LogP contribution in [0, 0.1) is 6.92 Å². The average Bonchev–Trinajstić information content (AvgIpc) is 2.62. The summed E-state index contributed by atoms with van der Waals surface area (Å²) in [6.45, 7) is 1.70. The van der Waals surface area contributed by atoms with Crippen LogP contribution in [0.3, 0.4) is 0 Å². The van der Waals surface area contributed by atoms with Gasteiger partial charge in [-0.3, -0.25) is 9.20 Å². The van der Waals surface area contributed by atoms with Gasteiger partial charge in [-0.15, -0.1) is 0 Å². The van der Waals surface area contributed by atoms with Crippen LogP contribution in [0.1, 0.15) is 26.5 Å². The highest BCUT2D eigenvalue weighted by molar-refractivity contribution is 5.89. The van der Waals surface area contributed by atoms with E-state index in [4.69, 9.17) is 0 Å². The van der Waals surface area contributed by atoms with Gasteiger partial charge in [0.15, 0.2) is 6.29 Å². The van der Waals surface area contributed by atoms with Gasteiger partial charge in [0.2, 0.25) is 5.78 Å². The predicted octanol–water partition coefficient (Wildman–Crippen LogP) is 0.637. The van der Waals surface area contributed by atoms with Crippen molar-refractivity contribution >= 4 is 18.0 Å². The Labute approximate surface area is 90.9 Å². The SMILES string of the molecule is COC(=O)c1cnc2nc(C)c(C=O)n2c1. The van der Waals surface area contributed by atoms with E-state index >= 15 is 0 Å². The van der Waals surface area contributed by atoms with Crippen molar-refractivity contribution in [3.63, 3.8) is 0 Å². The van der Waals surface area contributed by atoms with Crippen molar-refractivity contribution < 1.29 is 14.3 Å². The first-order chi connectivity index (χ1) is 7.67. The fourth-order valence-electron chi connectivity index (χ4n) is 1.43. The average molecular weight is 219 g/mol. The molecule has 0 amide bonds. The fourth-order valence-corrected chi connectivity index (χ4v) is 1.43. The normalized spacial score (nSPS) is 10.4. The first-order valence-corrected chi connectivity index (χ1v) is 4.55. The van der Waals surface area contributed by atoms with Crippen molar-refractivity contribution in [1.82, 2.24) is 14.4 Å². The Morgan fingerprint density at radius 3 is 2.94 bits per heavy atom. The van der Waals surface area contributed by atoms with E-state index < -0.39 is 5.97 Å². The minimum atomic E-state index is -0.502. The lowest BCUT2D eigenvalue weighted by atomic mass is 10.3. The summed E-state index contributed by atoms with van der Waals surface area (Å²) in [5.74, 6) is -0.121. The highest BCUT2D eigenvalue weighted by atomic mass is 16.5. The zero-order valence-corrected chi connectivity index (χ0v) is 8.80. The van der Waals surface area contributed by atoms with Crippen LogP contribution in [0.25, 0.3) is 5.78 Å². The van der Waals surface area contributed by atoms with Gasteiger partial charge < -0.3 is 4.74 Å². The summed E-state index contributed by atoms with van der Waals surface area (Å²) in [6, 6.07) is 0. The standard InChI is InChI=1S/C10H9N3O3/c1-6-8(5-14)13-4-7(9(15)16-2)3-11-10(13)12-6/h3-5H,1-2H3. The lowest BCUT2D eigenvalue weighted by molar-refractivity contribution is 0.0599. The number of hydrogen-bond donors (Lipinski definition) is 0. The van der Waals surface area contributed by atoms with E-state index in [-0.39, 0.29) is 5.56 Å². The quantitative estimate of drug-likeness (QED) is 0.547. The van der Waals surface area contributed by atoms with E-state index in [0.717, 1.165) is 0 Å². The summed E-state index contributed by atoms with van der Waals surface area (Å²) < 4.78 is 6.03. The van der Waals surface area contributed by atoms with Crippen molar-refractivity contribution in [2.75, 3.05) is 7.11 Å². The minimum Gasteiger partial charge on any atom is -0.465 e. The third-order valence-electron chi connectivity index (χ3n) is 2.23. The van der Waals surface area contributed by atoms with Crippen molar-refractivity contribution in [1.29, 1.82) is 0 Å². The van der Waals surface area contributed by atoms with E-state index in [1.807, 2.05) is 0 Å². The van der Waals surface area contributed by atoms with Gasteiger partial charge in [0, 0.05) is 12.4 Å². The summed E-state index contributed by atoms with van der Waals surface area (Å²) in [4.78, 5) is 30.2. The Morgan fingerprint density at radius 2 is 2.31 bits per heavy atom. The number of carbonyl (C=O) groups excluding carboxylic acids is 2. The number of imidazole rings is 1. The Balaban J connectivity index is 2.68. The van der Waals surface area contributed by atoms with E-state index in [9.17, 15) is 9.59 Å². The molecule has 0 aromatic carbocycles. The molecule has 6 nitrogen and oxygen atoms in total. The number of methoxy groups -OCH3 is 1. The second-order valence-electron chi connectivity index (χ2n) is 3.20. The van der Waals surface area contributed by atoms with Gasteiger partial charge in [0.25, 0.3) is 0 Å². The van der Waals surface area contributed by atoms with Gasteiger partial charge in [-0.2, -0.15) is 0 Å². The number of hydrogen-bond acceptors (Lipinski definition) is 5. The molecule has 0 aliphatic heterocycles. The van der Waals surface area contributed by atoms with Crippen LogP contribution in [0.5, 0.6) is 0 Å². The van der Waals surface area contributed by atoms with Gasteiger partial charge >= 0.3 is 5.97 Å². The fraction of sp³-hybridized carbons (Fsp3) is 0.200. The molecule has 0 bridgehead atoms. The lowest BCUT2D eigenvalue weighted by Crippen LogP contribution is -2.05. The number of fused-ring (bicyclic) bond motifs is 1. The molecule has 0 fully saturated rings. The maximum Gasteiger partial charge on any atom is 0.340 e. The van der Waals surface area contributed by atoms with Crippen molar-refractivity contribution in [3.05, 3.63) is 29.3 Å². The molecule has 2 aromatic rings. The number of rotatable bonds is 2. The number of carbonyl (C=O) groups is 2. The van der Waals surface area contributed by atoms with Crippen molar-refractivity contribution in [2.45, 2.75) is 6.92 Å². The van der Waals surface area contributed by atoms with Crippen LogP contribution in [0.4, 0.5) is 0 Å². The summed E-state index contributed by atoms with van der Waals surface area (Å²) in [5.41, 5.74) is 1.23. The van der Waals surface area contributed by atoms with Crippen LogP contribution < -0.4 is 0 Å². The second kappa shape index (κ2) is 3.73. The van der Waals surface area contributed by atoms with Crippen LogP contribution >= 0.6 is 0 Å². The number of esters is 1. The van der Waals surface area contributed by atoms with E-state index in [1.165, 1.54) is 23.9 Å². The molecule has 0 N–H and O–H groups in total. The molecule has 6 heteroatoms. The van der Waals surface area contributed by atoms with Gasteiger partial charge in [-0.05, 0) is 6.92 Å². The molecular formula is C10H9N3O3. The third-order valence-corrected chi connectivity index (χ3v) is 2.23. The molecule has 82 valence electrons. The maximum absolute atomic E-state index is 11.3. The largest absolute Gasteiger partial charge is 0.465 e. The number of aromatic nitrogens is 3. The van der Waals surface area contributed by atoms with Crippen LogP contribution in [-0.4, -0.2) is 33.7 Å². The van der Waals surface area contributed by atoms with Gasteiger partial charge in [0.1, 0.15) is 5.69 Å². The number of aldehydes is 1. The smallest absolute Gasteiger partial charge is 0.340 e.